The van der Waals surface area contributed by atoms with Crippen LogP contribution in [0.3, 0.4) is 0 Å². The van der Waals surface area contributed by atoms with E-state index in [0.29, 0.717) is 0 Å². The topological polar surface area (TPSA) is 119 Å². The first-order valence-corrected chi connectivity index (χ1v) is 6.20. The Morgan fingerprint density at radius 3 is 2.38 bits per heavy atom. The van der Waals surface area contributed by atoms with E-state index in [2.05, 4.69) is 0 Å². The molecule has 0 saturated carbocycles. The minimum Gasteiger partial charge on any atom is -0.458 e. The minimum absolute atomic E-state index is 0.000694. The average molecular weight is 291 g/mol. The van der Waals surface area contributed by atoms with Gasteiger partial charge in [-0.05, 0) is 39.8 Å². The van der Waals surface area contributed by atoms with Crippen molar-refractivity contribution in [2.45, 2.75) is 38.8 Å². The molecule has 0 aliphatic rings. The Labute approximate surface area is 122 Å². The first kappa shape index (κ1) is 16.6. The van der Waals surface area contributed by atoms with E-state index in [1.165, 1.54) is 19.1 Å². The number of nitro benzene ring substituents is 1. The molecule has 0 radical (unpaired) electrons. The Bertz CT molecular complexity index is 624. The number of hydrogen-bond donors (Lipinski definition) is 1. The molecule has 0 amide bonds. The zero-order chi connectivity index (χ0) is 16.4. The predicted molar refractivity (Wildman–Crippen MR) is 75.2 cm³/mol. The van der Waals surface area contributed by atoms with Crippen LogP contribution in [0.5, 0.6) is 0 Å². The number of nitrogens with zero attached hydrogens (tertiary/aromatic N) is 2. The third-order valence-corrected chi connectivity index (χ3v) is 2.71. The summed E-state index contributed by atoms with van der Waals surface area (Å²) >= 11 is 0. The molecule has 21 heavy (non-hydrogen) atoms. The lowest BCUT2D eigenvalue weighted by atomic mass is 9.90. The molecule has 112 valence electrons. The molecule has 0 heterocycles. The lowest BCUT2D eigenvalue weighted by molar-refractivity contribution is -0.386. The number of ether oxygens (including phenoxy) is 1. The van der Waals surface area contributed by atoms with E-state index in [4.69, 9.17) is 15.7 Å². The molecule has 1 aromatic rings. The Hall–Kier alpha value is -2.46. The molecule has 0 spiro atoms. The van der Waals surface area contributed by atoms with Crippen LogP contribution in [0.2, 0.25) is 0 Å². The quantitative estimate of drug-likeness (QED) is 0.516. The van der Waals surface area contributed by atoms with Crippen LogP contribution in [0, 0.1) is 21.4 Å². The maximum Gasteiger partial charge on any atom is 0.331 e. The zero-order valence-electron chi connectivity index (χ0n) is 12.3. The van der Waals surface area contributed by atoms with Gasteiger partial charge in [0.15, 0.2) is 0 Å². The van der Waals surface area contributed by atoms with Gasteiger partial charge in [0.2, 0.25) is 0 Å². The molecule has 7 nitrogen and oxygen atoms in total. The number of nitrogens with two attached hydrogens (primary N) is 1. The van der Waals surface area contributed by atoms with Gasteiger partial charge in [-0.15, -0.1) is 0 Å². The highest BCUT2D eigenvalue weighted by molar-refractivity contribution is 5.84. The molecule has 0 aromatic heterocycles. The highest BCUT2D eigenvalue weighted by atomic mass is 16.6. The smallest absolute Gasteiger partial charge is 0.331 e. The van der Waals surface area contributed by atoms with Crippen molar-refractivity contribution >= 4 is 11.7 Å². The van der Waals surface area contributed by atoms with Gasteiger partial charge in [-0.1, -0.05) is 0 Å². The second kappa shape index (κ2) is 5.50. The maximum absolute atomic E-state index is 12.2. The van der Waals surface area contributed by atoms with Gasteiger partial charge in [-0.25, -0.2) is 4.79 Å². The standard InChI is InChI=1S/C14H17N3O4/c1-13(2,3)21-12(18)14(4,16)10-6-5-9(8-15)7-11(10)17(19)20/h5-7H,16H2,1-4H3/t14-/m0/s1. The second-order valence-electron chi connectivity index (χ2n) is 5.81. The van der Waals surface area contributed by atoms with Crippen LogP contribution in [0.1, 0.15) is 38.8 Å². The van der Waals surface area contributed by atoms with Crippen molar-refractivity contribution in [3.05, 3.63) is 39.4 Å². The average Bonchev–Trinajstić information content (AvgIpc) is 2.35. The molecular formula is C14H17N3O4. The van der Waals surface area contributed by atoms with Crippen LogP contribution in [0.15, 0.2) is 18.2 Å². The number of esters is 1. The van der Waals surface area contributed by atoms with Crippen molar-refractivity contribution in [1.29, 1.82) is 5.26 Å². The van der Waals surface area contributed by atoms with Gasteiger partial charge in [-0.3, -0.25) is 10.1 Å². The van der Waals surface area contributed by atoms with E-state index in [0.717, 1.165) is 6.07 Å². The van der Waals surface area contributed by atoms with Gasteiger partial charge in [-0.2, -0.15) is 5.26 Å². The van der Waals surface area contributed by atoms with Crippen LogP contribution in [0.4, 0.5) is 5.69 Å². The third kappa shape index (κ3) is 3.77. The van der Waals surface area contributed by atoms with Gasteiger partial charge >= 0.3 is 5.97 Å². The lowest BCUT2D eigenvalue weighted by Gasteiger charge is -2.28. The molecule has 1 aromatic carbocycles. The van der Waals surface area contributed by atoms with E-state index in [-0.39, 0.29) is 16.8 Å². The summed E-state index contributed by atoms with van der Waals surface area (Å²) in [7, 11) is 0. The monoisotopic (exact) mass is 291 g/mol. The number of nitro groups is 1. The summed E-state index contributed by atoms with van der Waals surface area (Å²) in [4.78, 5) is 22.6. The van der Waals surface area contributed by atoms with Crippen molar-refractivity contribution in [1.82, 2.24) is 0 Å². The van der Waals surface area contributed by atoms with Crippen molar-refractivity contribution in [2.75, 3.05) is 0 Å². The lowest BCUT2D eigenvalue weighted by Crippen LogP contribution is -2.46. The van der Waals surface area contributed by atoms with Crippen LogP contribution >= 0.6 is 0 Å². The van der Waals surface area contributed by atoms with Crippen LogP contribution < -0.4 is 5.73 Å². The highest BCUT2D eigenvalue weighted by Crippen LogP contribution is 2.31. The largest absolute Gasteiger partial charge is 0.458 e. The molecule has 7 heteroatoms. The van der Waals surface area contributed by atoms with Gasteiger partial charge < -0.3 is 10.5 Å². The fourth-order valence-electron chi connectivity index (χ4n) is 1.69. The van der Waals surface area contributed by atoms with E-state index >= 15 is 0 Å². The number of rotatable bonds is 3. The molecule has 0 aliphatic carbocycles. The van der Waals surface area contributed by atoms with Gasteiger partial charge in [0.05, 0.1) is 22.1 Å². The number of carbonyl (C=O) groups is 1. The SMILES string of the molecule is CC(C)(C)OC(=O)[C@@](C)(N)c1ccc(C#N)cc1[N+](=O)[O-]. The molecule has 1 atom stereocenters. The summed E-state index contributed by atoms with van der Waals surface area (Å²) in [5.41, 5.74) is 3.23. The molecule has 1 rings (SSSR count). The molecule has 0 saturated heterocycles. The normalized spacial score (nSPS) is 13.9. The number of benzene rings is 1. The Morgan fingerprint density at radius 1 is 1.38 bits per heavy atom. The summed E-state index contributed by atoms with van der Waals surface area (Å²) in [5.74, 6) is -0.775. The predicted octanol–water partition coefficient (Wildman–Crippen LogP) is 1.98. The van der Waals surface area contributed by atoms with Crippen molar-refractivity contribution in [3.8, 4) is 6.07 Å². The van der Waals surface area contributed by atoms with E-state index in [1.807, 2.05) is 0 Å². The summed E-state index contributed by atoms with van der Waals surface area (Å²) < 4.78 is 5.20. The Kier molecular flexibility index (Phi) is 4.35. The summed E-state index contributed by atoms with van der Waals surface area (Å²) in [5, 5.41) is 19.9. The molecule has 0 unspecified atom stereocenters. The van der Waals surface area contributed by atoms with Gasteiger partial charge in [0.25, 0.3) is 5.69 Å². The fraction of sp³-hybridized carbons (Fsp3) is 0.429. The zero-order valence-corrected chi connectivity index (χ0v) is 12.3. The van der Waals surface area contributed by atoms with Gasteiger partial charge in [0, 0.05) is 6.07 Å². The Balaban J connectivity index is 3.34. The second-order valence-corrected chi connectivity index (χ2v) is 5.81. The van der Waals surface area contributed by atoms with Gasteiger partial charge in [0.1, 0.15) is 11.1 Å². The number of carbonyl (C=O) groups excluding carboxylic acids is 1. The minimum atomic E-state index is -1.69. The maximum atomic E-state index is 12.2. The first-order chi connectivity index (χ1) is 9.49. The van der Waals surface area contributed by atoms with Crippen molar-refractivity contribution < 1.29 is 14.5 Å². The van der Waals surface area contributed by atoms with Crippen LogP contribution in [0.25, 0.3) is 0 Å². The van der Waals surface area contributed by atoms with Crippen molar-refractivity contribution in [3.63, 3.8) is 0 Å². The Morgan fingerprint density at radius 2 is 1.95 bits per heavy atom. The molecule has 0 aliphatic heterocycles. The molecule has 2 N–H and O–H groups in total. The van der Waals surface area contributed by atoms with E-state index in [1.54, 1.807) is 26.8 Å². The van der Waals surface area contributed by atoms with E-state index < -0.39 is 22.0 Å². The highest BCUT2D eigenvalue weighted by Gasteiger charge is 2.39. The molecular weight excluding hydrogens is 274 g/mol. The first-order valence-electron chi connectivity index (χ1n) is 6.20. The fourth-order valence-corrected chi connectivity index (χ4v) is 1.69. The van der Waals surface area contributed by atoms with E-state index in [9.17, 15) is 14.9 Å². The number of nitriles is 1. The molecule has 0 bridgehead atoms. The molecule has 0 fully saturated rings. The summed E-state index contributed by atoms with van der Waals surface area (Å²) in [6.45, 7) is 6.37. The van der Waals surface area contributed by atoms with Crippen LogP contribution in [-0.4, -0.2) is 16.5 Å². The van der Waals surface area contributed by atoms with Crippen molar-refractivity contribution in [2.24, 2.45) is 5.73 Å². The summed E-state index contributed by atoms with van der Waals surface area (Å²) in [6, 6.07) is 5.57. The van der Waals surface area contributed by atoms with Crippen LogP contribution in [-0.2, 0) is 15.1 Å². The third-order valence-electron chi connectivity index (χ3n) is 2.71. The summed E-state index contributed by atoms with van der Waals surface area (Å²) in [6.07, 6.45) is 0. The number of hydrogen-bond acceptors (Lipinski definition) is 6.